The molecule has 1 aromatic heterocycles. The Morgan fingerprint density at radius 1 is 1.11 bits per heavy atom. The van der Waals surface area contributed by atoms with Crippen molar-refractivity contribution in [2.45, 2.75) is 23.9 Å². The number of aromatic nitrogens is 3. The second kappa shape index (κ2) is 10.5. The predicted octanol–water partition coefficient (Wildman–Crippen LogP) is 6.16. The first-order valence-electron chi connectivity index (χ1n) is 11.3. The monoisotopic (exact) mass is 517 g/mol. The summed E-state index contributed by atoms with van der Waals surface area (Å²) in [5.41, 5.74) is 3.84. The summed E-state index contributed by atoms with van der Waals surface area (Å²) >= 11 is 7.82. The molecule has 7 nitrogen and oxygen atoms in total. The Balaban J connectivity index is 1.51. The third kappa shape index (κ3) is 4.96. The van der Waals surface area contributed by atoms with Crippen LogP contribution < -0.4 is 15.4 Å². The summed E-state index contributed by atoms with van der Waals surface area (Å²) in [6, 6.07) is 24.3. The molecule has 1 unspecified atom stereocenters. The highest BCUT2D eigenvalue weighted by molar-refractivity contribution is 7.98. The fourth-order valence-corrected chi connectivity index (χ4v) is 5.20. The lowest BCUT2D eigenvalue weighted by Crippen LogP contribution is -2.31. The van der Waals surface area contributed by atoms with Gasteiger partial charge in [0.1, 0.15) is 11.8 Å². The summed E-state index contributed by atoms with van der Waals surface area (Å²) in [4.78, 5) is 18.3. The van der Waals surface area contributed by atoms with E-state index in [2.05, 4.69) is 10.6 Å². The van der Waals surface area contributed by atoms with Crippen LogP contribution in [0.4, 0.5) is 11.6 Å². The zero-order valence-corrected chi connectivity index (χ0v) is 21.3. The van der Waals surface area contributed by atoms with E-state index in [4.69, 9.17) is 26.4 Å². The maximum atomic E-state index is 13.6. The van der Waals surface area contributed by atoms with Crippen LogP contribution >= 0.6 is 23.4 Å². The average molecular weight is 518 g/mol. The highest BCUT2D eigenvalue weighted by Gasteiger charge is 2.34. The van der Waals surface area contributed by atoms with Gasteiger partial charge < -0.3 is 15.4 Å². The van der Waals surface area contributed by atoms with E-state index in [9.17, 15) is 4.79 Å². The molecule has 0 saturated heterocycles. The normalized spacial score (nSPS) is 14.7. The minimum Gasteiger partial charge on any atom is -0.497 e. The van der Waals surface area contributed by atoms with Crippen LogP contribution in [0.1, 0.15) is 24.1 Å². The Bertz CT molecular complexity index is 1440. The van der Waals surface area contributed by atoms with Crippen molar-refractivity contribution in [1.29, 1.82) is 0 Å². The summed E-state index contributed by atoms with van der Waals surface area (Å²) < 4.78 is 7.22. The number of nitrogens with one attached hydrogen (secondary N) is 2. The van der Waals surface area contributed by atoms with Crippen molar-refractivity contribution in [2.75, 3.05) is 17.7 Å². The van der Waals surface area contributed by atoms with E-state index in [1.54, 1.807) is 11.8 Å². The predicted molar refractivity (Wildman–Crippen MR) is 144 cm³/mol. The Hall–Kier alpha value is -3.75. The number of hydrogen-bond donors (Lipinski definition) is 2. The van der Waals surface area contributed by atoms with E-state index in [0.717, 1.165) is 11.1 Å². The highest BCUT2D eigenvalue weighted by atomic mass is 35.5. The number of hydrogen-bond acceptors (Lipinski definition) is 6. The third-order valence-electron chi connectivity index (χ3n) is 5.83. The molecule has 0 radical (unpaired) electrons. The molecule has 2 N–H and O–H groups in total. The number of anilines is 2. The van der Waals surface area contributed by atoms with E-state index in [1.807, 2.05) is 85.8 Å². The number of benzene rings is 3. The molecule has 4 aromatic rings. The lowest BCUT2D eigenvalue weighted by atomic mass is 9.95. The Morgan fingerprint density at radius 2 is 1.89 bits per heavy atom. The minimum atomic E-state index is -0.498. The Kier molecular flexibility index (Phi) is 6.97. The zero-order chi connectivity index (χ0) is 25.1. The van der Waals surface area contributed by atoms with Crippen LogP contribution in [-0.2, 0) is 10.5 Å². The summed E-state index contributed by atoms with van der Waals surface area (Å²) in [5, 5.41) is 12.4. The smallest absolute Gasteiger partial charge is 0.255 e. The third-order valence-corrected chi connectivity index (χ3v) is 7.09. The largest absolute Gasteiger partial charge is 0.497 e. The number of fused-ring (bicyclic) bond motifs is 1. The molecule has 2 heterocycles. The number of ether oxygens (including phenoxy) is 1. The highest BCUT2D eigenvalue weighted by Crippen LogP contribution is 2.38. The molecular weight excluding hydrogens is 494 g/mol. The molecule has 36 heavy (non-hydrogen) atoms. The van der Waals surface area contributed by atoms with Gasteiger partial charge in [-0.15, -0.1) is 5.10 Å². The van der Waals surface area contributed by atoms with Crippen LogP contribution in [0.2, 0.25) is 5.02 Å². The molecule has 1 atom stereocenters. The van der Waals surface area contributed by atoms with Crippen molar-refractivity contribution in [3.05, 3.63) is 106 Å². The lowest BCUT2D eigenvalue weighted by molar-refractivity contribution is -0.113. The molecule has 182 valence electrons. The Labute approximate surface area is 218 Å². The van der Waals surface area contributed by atoms with Gasteiger partial charge in [-0.25, -0.2) is 4.68 Å². The van der Waals surface area contributed by atoms with E-state index < -0.39 is 6.04 Å². The quantitative estimate of drug-likeness (QED) is 0.286. The first-order valence-corrected chi connectivity index (χ1v) is 12.7. The first-order chi connectivity index (χ1) is 17.5. The van der Waals surface area contributed by atoms with Gasteiger partial charge in [0.15, 0.2) is 0 Å². The van der Waals surface area contributed by atoms with Crippen molar-refractivity contribution >= 4 is 40.9 Å². The van der Waals surface area contributed by atoms with Crippen molar-refractivity contribution in [2.24, 2.45) is 0 Å². The molecule has 9 heteroatoms. The van der Waals surface area contributed by atoms with E-state index >= 15 is 0 Å². The minimum absolute atomic E-state index is 0.217. The molecule has 1 aliphatic heterocycles. The van der Waals surface area contributed by atoms with Gasteiger partial charge in [0.25, 0.3) is 5.91 Å². The summed E-state index contributed by atoms with van der Waals surface area (Å²) in [6.07, 6.45) is 0. The molecule has 5 rings (SSSR count). The van der Waals surface area contributed by atoms with E-state index in [0.29, 0.717) is 44.6 Å². The zero-order valence-electron chi connectivity index (χ0n) is 19.7. The number of para-hydroxylation sites is 1. The van der Waals surface area contributed by atoms with Crippen LogP contribution in [-0.4, -0.2) is 27.8 Å². The van der Waals surface area contributed by atoms with Gasteiger partial charge in [0.05, 0.1) is 12.7 Å². The lowest BCUT2D eigenvalue weighted by Gasteiger charge is -2.28. The van der Waals surface area contributed by atoms with Gasteiger partial charge in [0, 0.05) is 22.2 Å². The number of carbonyl (C=O) groups excluding carboxylic acids is 1. The van der Waals surface area contributed by atoms with Gasteiger partial charge in [-0.2, -0.15) is 4.98 Å². The van der Waals surface area contributed by atoms with Crippen LogP contribution in [0.15, 0.2) is 95.3 Å². The average Bonchev–Trinajstić information content (AvgIpc) is 3.30. The second-order valence-corrected chi connectivity index (χ2v) is 9.56. The summed E-state index contributed by atoms with van der Waals surface area (Å²) in [5.74, 6) is 1.67. The number of allylic oxidation sites excluding steroid dienone is 1. The van der Waals surface area contributed by atoms with Gasteiger partial charge in [0.2, 0.25) is 11.1 Å². The topological polar surface area (TPSA) is 81.1 Å². The molecule has 1 aliphatic rings. The molecular formula is C27H24ClN5O2S. The number of amides is 1. The SMILES string of the molecule is COc1cccc(C2C(C(=O)Nc3ccccc3)=C(C)Nc3nc(SCc4ccccc4Cl)nn32)c1. The molecule has 0 bridgehead atoms. The number of carbonyl (C=O) groups is 1. The van der Waals surface area contributed by atoms with Crippen LogP contribution in [0, 0.1) is 0 Å². The van der Waals surface area contributed by atoms with Gasteiger partial charge >= 0.3 is 0 Å². The fraction of sp³-hybridized carbons (Fsp3) is 0.148. The molecule has 0 saturated carbocycles. The first kappa shape index (κ1) is 24.0. The van der Waals surface area contributed by atoms with Crippen LogP contribution in [0.5, 0.6) is 5.75 Å². The van der Waals surface area contributed by atoms with Crippen molar-refractivity contribution in [3.63, 3.8) is 0 Å². The van der Waals surface area contributed by atoms with E-state index in [-0.39, 0.29) is 5.91 Å². The molecule has 0 aliphatic carbocycles. The number of thioether (sulfide) groups is 1. The number of methoxy groups -OCH3 is 1. The maximum absolute atomic E-state index is 13.6. The van der Waals surface area contributed by atoms with Gasteiger partial charge in [-0.1, -0.05) is 71.9 Å². The maximum Gasteiger partial charge on any atom is 0.255 e. The molecule has 1 amide bonds. The second-order valence-electron chi connectivity index (χ2n) is 8.21. The van der Waals surface area contributed by atoms with Gasteiger partial charge in [-0.05, 0) is 48.4 Å². The van der Waals surface area contributed by atoms with Gasteiger partial charge in [-0.3, -0.25) is 4.79 Å². The molecule has 0 fully saturated rings. The summed E-state index contributed by atoms with van der Waals surface area (Å²) in [6.45, 7) is 1.88. The summed E-state index contributed by atoms with van der Waals surface area (Å²) in [7, 11) is 1.62. The number of halogens is 1. The standard InChI is InChI=1S/C27H24ClN5O2S/c1-17-23(25(34)30-20-11-4-3-5-12-20)24(18-10-8-13-21(15-18)35-2)33-26(29-17)31-27(32-33)36-16-19-9-6-7-14-22(19)28/h3-15,24H,16H2,1-2H3,(H,30,34)(H,29,31,32). The fourth-order valence-electron chi connectivity index (χ4n) is 4.08. The van der Waals surface area contributed by atoms with Crippen molar-refractivity contribution in [3.8, 4) is 5.75 Å². The van der Waals surface area contributed by atoms with Crippen LogP contribution in [0.25, 0.3) is 0 Å². The molecule has 0 spiro atoms. The van der Waals surface area contributed by atoms with Crippen molar-refractivity contribution in [1.82, 2.24) is 14.8 Å². The number of nitrogens with zero attached hydrogens (tertiary/aromatic N) is 3. The van der Waals surface area contributed by atoms with Crippen LogP contribution in [0.3, 0.4) is 0 Å². The van der Waals surface area contributed by atoms with Crippen molar-refractivity contribution < 1.29 is 9.53 Å². The number of rotatable bonds is 7. The Morgan fingerprint density at radius 3 is 2.67 bits per heavy atom. The van der Waals surface area contributed by atoms with E-state index in [1.165, 1.54) is 11.8 Å². The molecule has 3 aromatic carbocycles.